The van der Waals surface area contributed by atoms with Crippen molar-refractivity contribution in [2.75, 3.05) is 12.3 Å². The van der Waals surface area contributed by atoms with Gasteiger partial charge in [0, 0.05) is 6.54 Å². The van der Waals surface area contributed by atoms with Crippen LogP contribution in [0.1, 0.15) is 39.0 Å². The molecule has 2 aromatic rings. The van der Waals surface area contributed by atoms with E-state index in [4.69, 9.17) is 9.15 Å². The molecule has 1 atom stereocenters. The highest BCUT2D eigenvalue weighted by Gasteiger charge is 2.18. The van der Waals surface area contributed by atoms with Crippen molar-refractivity contribution in [1.29, 1.82) is 0 Å². The van der Waals surface area contributed by atoms with Crippen LogP contribution in [0.5, 0.6) is 0 Å². The van der Waals surface area contributed by atoms with E-state index in [9.17, 15) is 9.59 Å². The Morgan fingerprint density at radius 1 is 1.33 bits per heavy atom. The van der Waals surface area contributed by atoms with E-state index in [-0.39, 0.29) is 11.7 Å². The number of thioether (sulfide) groups is 1. The fraction of sp³-hybridized carbons (Fsp3) is 0.450. The molecule has 6 nitrogen and oxygen atoms in total. The maximum Gasteiger partial charge on any atom is 0.317 e. The van der Waals surface area contributed by atoms with Gasteiger partial charge in [-0.3, -0.25) is 9.59 Å². The average molecular weight is 388 g/mol. The number of hydrogen-bond donors (Lipinski definition) is 1. The van der Waals surface area contributed by atoms with Crippen LogP contribution in [0, 0.1) is 0 Å². The topological polar surface area (TPSA) is 81.4 Å². The number of allylic oxidation sites excluding steroid dienone is 1. The number of nitrogens with one attached hydrogen (secondary N) is 1. The lowest BCUT2D eigenvalue weighted by molar-refractivity contribution is -0.152. The Balaban J connectivity index is 1.37. The SMILES string of the molecule is CC(OC(=O)CSc1nc2ccccc2o1)C(=O)NCCC1=CCCCC1. The van der Waals surface area contributed by atoms with Crippen LogP contribution < -0.4 is 5.32 Å². The number of hydrogen-bond acceptors (Lipinski definition) is 6. The molecule has 1 aliphatic rings. The largest absolute Gasteiger partial charge is 0.452 e. The van der Waals surface area contributed by atoms with Crippen molar-refractivity contribution in [3.05, 3.63) is 35.9 Å². The van der Waals surface area contributed by atoms with Crippen LogP contribution >= 0.6 is 11.8 Å². The Labute approximate surface area is 162 Å². The molecular weight excluding hydrogens is 364 g/mol. The number of carbonyl (C=O) groups is 2. The van der Waals surface area contributed by atoms with Crippen molar-refractivity contribution in [3.8, 4) is 0 Å². The third kappa shape index (κ3) is 5.85. The van der Waals surface area contributed by atoms with E-state index < -0.39 is 12.1 Å². The third-order valence-electron chi connectivity index (χ3n) is 4.40. The molecule has 0 saturated heterocycles. The number of oxazole rings is 1. The molecule has 0 radical (unpaired) electrons. The number of rotatable bonds is 8. The number of ether oxygens (including phenoxy) is 1. The van der Waals surface area contributed by atoms with Gasteiger partial charge in [0.15, 0.2) is 11.7 Å². The lowest BCUT2D eigenvalue weighted by Crippen LogP contribution is -2.36. The number of benzene rings is 1. The van der Waals surface area contributed by atoms with Gasteiger partial charge in [0.25, 0.3) is 11.1 Å². The molecule has 1 amide bonds. The molecule has 27 heavy (non-hydrogen) atoms. The van der Waals surface area contributed by atoms with Gasteiger partial charge in [0.2, 0.25) is 0 Å². The zero-order valence-electron chi connectivity index (χ0n) is 15.4. The minimum absolute atomic E-state index is 0.0390. The van der Waals surface area contributed by atoms with E-state index in [0.29, 0.717) is 17.4 Å². The molecule has 0 aliphatic heterocycles. The Hall–Kier alpha value is -2.28. The zero-order valence-corrected chi connectivity index (χ0v) is 16.2. The van der Waals surface area contributed by atoms with Gasteiger partial charge in [-0.25, -0.2) is 4.98 Å². The fourth-order valence-corrected chi connectivity index (χ4v) is 3.56. The van der Waals surface area contributed by atoms with Crippen LogP contribution in [0.15, 0.2) is 45.6 Å². The minimum atomic E-state index is -0.818. The normalized spacial score (nSPS) is 15.2. The molecule has 0 bridgehead atoms. The smallest absolute Gasteiger partial charge is 0.317 e. The summed E-state index contributed by atoms with van der Waals surface area (Å²) in [4.78, 5) is 28.3. The van der Waals surface area contributed by atoms with Crippen molar-refractivity contribution in [3.63, 3.8) is 0 Å². The third-order valence-corrected chi connectivity index (χ3v) is 5.20. The monoisotopic (exact) mass is 388 g/mol. The summed E-state index contributed by atoms with van der Waals surface area (Å²) in [5.74, 6) is -0.705. The van der Waals surface area contributed by atoms with Gasteiger partial charge in [-0.1, -0.05) is 35.5 Å². The summed E-state index contributed by atoms with van der Waals surface area (Å²) in [5, 5.41) is 3.24. The van der Waals surface area contributed by atoms with Crippen molar-refractivity contribution in [2.24, 2.45) is 0 Å². The molecule has 7 heteroatoms. The average Bonchev–Trinajstić information content (AvgIpc) is 3.10. The van der Waals surface area contributed by atoms with E-state index in [0.717, 1.165) is 36.5 Å². The molecule has 1 heterocycles. The number of esters is 1. The first kappa shape index (κ1) is 19.5. The minimum Gasteiger partial charge on any atom is -0.452 e. The maximum absolute atomic E-state index is 12.1. The van der Waals surface area contributed by atoms with Crippen LogP contribution in [0.4, 0.5) is 0 Å². The highest BCUT2D eigenvalue weighted by Crippen LogP contribution is 2.23. The summed E-state index contributed by atoms with van der Waals surface area (Å²) in [6, 6.07) is 7.40. The van der Waals surface area contributed by atoms with Crippen molar-refractivity contribution in [2.45, 2.75) is 50.4 Å². The summed E-state index contributed by atoms with van der Waals surface area (Å²) in [5.41, 5.74) is 2.82. The van der Waals surface area contributed by atoms with Gasteiger partial charge in [0.1, 0.15) is 11.3 Å². The van der Waals surface area contributed by atoms with E-state index in [2.05, 4.69) is 16.4 Å². The fourth-order valence-electron chi connectivity index (χ4n) is 2.94. The van der Waals surface area contributed by atoms with E-state index >= 15 is 0 Å². The zero-order chi connectivity index (χ0) is 19.1. The molecule has 144 valence electrons. The number of carbonyl (C=O) groups excluding carboxylic acids is 2. The number of nitrogens with zero attached hydrogens (tertiary/aromatic N) is 1. The van der Waals surface area contributed by atoms with Gasteiger partial charge in [0.05, 0.1) is 0 Å². The number of para-hydroxylation sites is 2. The quantitative estimate of drug-likeness (QED) is 0.420. The van der Waals surface area contributed by atoms with E-state index in [1.54, 1.807) is 6.92 Å². The Morgan fingerprint density at radius 3 is 2.96 bits per heavy atom. The standard InChI is InChI=1S/C20H24N2O4S/c1-14(19(24)21-12-11-15-7-3-2-4-8-15)25-18(23)13-27-20-22-16-9-5-6-10-17(16)26-20/h5-7,9-10,14H,2-4,8,11-13H2,1H3,(H,21,24). The Kier molecular flexibility index (Phi) is 6.92. The molecule has 1 unspecified atom stereocenters. The van der Waals surface area contributed by atoms with Crippen molar-refractivity contribution >= 4 is 34.7 Å². The molecule has 1 aromatic carbocycles. The van der Waals surface area contributed by atoms with Crippen molar-refractivity contribution < 1.29 is 18.7 Å². The molecule has 1 N–H and O–H groups in total. The highest BCUT2D eigenvalue weighted by atomic mass is 32.2. The van der Waals surface area contributed by atoms with Crippen LogP contribution in [0.2, 0.25) is 0 Å². The molecule has 1 aliphatic carbocycles. The first-order valence-corrected chi connectivity index (χ1v) is 10.2. The van der Waals surface area contributed by atoms with Gasteiger partial charge in [-0.15, -0.1) is 0 Å². The summed E-state index contributed by atoms with van der Waals surface area (Å²) in [6.07, 6.45) is 7.04. The Bertz CT molecular complexity index is 797. The molecular formula is C20H24N2O4S. The second kappa shape index (κ2) is 9.60. The molecule has 1 aromatic heterocycles. The van der Waals surface area contributed by atoms with Gasteiger partial charge in [-0.2, -0.15) is 0 Å². The predicted octanol–water partition coefficient (Wildman–Crippen LogP) is 3.86. The van der Waals surface area contributed by atoms with Gasteiger partial charge >= 0.3 is 5.97 Å². The van der Waals surface area contributed by atoms with Gasteiger partial charge < -0.3 is 14.5 Å². The number of fused-ring (bicyclic) bond motifs is 1. The van der Waals surface area contributed by atoms with E-state index in [1.165, 1.54) is 18.4 Å². The number of aromatic nitrogens is 1. The predicted molar refractivity (Wildman–Crippen MR) is 104 cm³/mol. The lowest BCUT2D eigenvalue weighted by atomic mass is 9.97. The van der Waals surface area contributed by atoms with Crippen LogP contribution in [0.25, 0.3) is 11.1 Å². The summed E-state index contributed by atoms with van der Waals surface area (Å²) in [7, 11) is 0. The molecule has 0 saturated carbocycles. The van der Waals surface area contributed by atoms with Crippen LogP contribution in [0.3, 0.4) is 0 Å². The second-order valence-electron chi connectivity index (χ2n) is 6.52. The molecule has 3 rings (SSSR count). The first-order chi connectivity index (χ1) is 13.1. The summed E-state index contributed by atoms with van der Waals surface area (Å²) in [6.45, 7) is 2.15. The van der Waals surface area contributed by atoms with E-state index in [1.807, 2.05) is 24.3 Å². The van der Waals surface area contributed by atoms with Gasteiger partial charge in [-0.05, 0) is 51.2 Å². The number of amides is 1. The summed E-state index contributed by atoms with van der Waals surface area (Å²) < 4.78 is 10.7. The lowest BCUT2D eigenvalue weighted by Gasteiger charge is -2.15. The Morgan fingerprint density at radius 2 is 2.19 bits per heavy atom. The van der Waals surface area contributed by atoms with Crippen LogP contribution in [-0.4, -0.2) is 35.3 Å². The molecule has 0 fully saturated rings. The maximum atomic E-state index is 12.1. The van der Waals surface area contributed by atoms with Crippen LogP contribution in [-0.2, 0) is 14.3 Å². The summed E-state index contributed by atoms with van der Waals surface area (Å²) >= 11 is 1.15. The second-order valence-corrected chi connectivity index (χ2v) is 7.44. The van der Waals surface area contributed by atoms with Crippen molar-refractivity contribution in [1.82, 2.24) is 10.3 Å². The highest BCUT2D eigenvalue weighted by molar-refractivity contribution is 7.99. The first-order valence-electron chi connectivity index (χ1n) is 9.25. The molecule has 0 spiro atoms.